The largest absolute Gasteiger partial charge is 0.362 e. The molecule has 0 saturated heterocycles. The fourth-order valence-electron chi connectivity index (χ4n) is 2.51. The highest BCUT2D eigenvalue weighted by Crippen LogP contribution is 2.44. The number of rotatable bonds is 5. The quantitative estimate of drug-likeness (QED) is 0.673. The van der Waals surface area contributed by atoms with Crippen molar-refractivity contribution in [3.63, 3.8) is 0 Å². The lowest BCUT2D eigenvalue weighted by molar-refractivity contribution is 0.592. The van der Waals surface area contributed by atoms with Gasteiger partial charge >= 0.3 is 0 Å². The first-order valence-corrected chi connectivity index (χ1v) is 9.68. The highest BCUT2D eigenvalue weighted by molar-refractivity contribution is 7.81. The Bertz CT molecular complexity index is 812. The molecule has 0 atom stereocenters. The van der Waals surface area contributed by atoms with E-state index < -0.39 is 7.14 Å². The van der Waals surface area contributed by atoms with Gasteiger partial charge in [0.05, 0.1) is 0 Å². The van der Waals surface area contributed by atoms with Crippen LogP contribution in [0.15, 0.2) is 96.9 Å². The molecule has 0 saturated carbocycles. The Kier molecular flexibility index (Phi) is 4.98. The van der Waals surface area contributed by atoms with Gasteiger partial charge in [-0.3, -0.25) is 0 Å². The summed E-state index contributed by atoms with van der Waals surface area (Å²) in [7, 11) is -2.81. The predicted octanol–water partition coefficient (Wildman–Crippen LogP) is 4.89. The van der Waals surface area contributed by atoms with Gasteiger partial charge < -0.3 is 9.88 Å². The molecule has 0 aliphatic carbocycles. The summed E-state index contributed by atoms with van der Waals surface area (Å²) in [5.74, 6) is 1.79. The first-order valence-electron chi connectivity index (χ1n) is 7.90. The molecule has 1 N–H and O–H groups in total. The minimum atomic E-state index is -2.81. The third-order valence-corrected chi connectivity index (χ3v) is 6.57. The predicted molar refractivity (Wildman–Crippen MR) is 104 cm³/mol. The second kappa shape index (κ2) is 7.33. The first-order chi connectivity index (χ1) is 11.7. The van der Waals surface area contributed by atoms with E-state index in [0.29, 0.717) is 0 Å². The summed E-state index contributed by atoms with van der Waals surface area (Å²) in [4.78, 5) is 0. The summed E-state index contributed by atoms with van der Waals surface area (Å²) in [5.41, 5.74) is 2.19. The Morgan fingerprint density at radius 3 is 1.75 bits per heavy atom. The van der Waals surface area contributed by atoms with Crippen LogP contribution in [-0.2, 0) is 4.57 Å². The Balaban J connectivity index is 1.92. The molecule has 3 rings (SSSR count). The average Bonchev–Trinajstić information content (AvgIpc) is 2.65. The van der Waals surface area contributed by atoms with E-state index >= 15 is 0 Å². The van der Waals surface area contributed by atoms with E-state index in [9.17, 15) is 4.57 Å². The van der Waals surface area contributed by atoms with Gasteiger partial charge in [0.2, 0.25) is 0 Å². The van der Waals surface area contributed by atoms with Gasteiger partial charge in [0, 0.05) is 22.5 Å². The van der Waals surface area contributed by atoms with Gasteiger partial charge in [0.1, 0.15) is 0 Å². The van der Waals surface area contributed by atoms with Crippen LogP contribution in [0.1, 0.15) is 5.56 Å². The van der Waals surface area contributed by atoms with Gasteiger partial charge in [0.15, 0.2) is 7.14 Å². The van der Waals surface area contributed by atoms with Crippen LogP contribution in [0.4, 0.5) is 5.69 Å². The number of nitrogens with one attached hydrogen (secondary N) is 1. The molecule has 24 heavy (non-hydrogen) atoms. The highest BCUT2D eigenvalue weighted by atomic mass is 31.2. The Morgan fingerprint density at radius 2 is 1.25 bits per heavy atom. The second-order valence-corrected chi connectivity index (χ2v) is 8.30. The number of hydrogen-bond acceptors (Lipinski definition) is 2. The van der Waals surface area contributed by atoms with Crippen molar-refractivity contribution >= 4 is 23.4 Å². The molecular formula is C21H20NOP. The van der Waals surface area contributed by atoms with E-state index in [2.05, 4.69) is 12.2 Å². The molecule has 3 aromatic carbocycles. The maximum Gasteiger partial charge on any atom is 0.165 e. The molecule has 0 radical (unpaired) electrons. The van der Waals surface area contributed by atoms with Gasteiger partial charge in [-0.2, -0.15) is 0 Å². The fraction of sp³-hybridized carbons (Fsp3) is 0.0476. The van der Waals surface area contributed by atoms with Gasteiger partial charge in [-0.1, -0.05) is 78.4 Å². The van der Waals surface area contributed by atoms with Gasteiger partial charge in [0.25, 0.3) is 0 Å². The molecular weight excluding hydrogens is 313 g/mol. The third kappa shape index (κ3) is 3.67. The van der Waals surface area contributed by atoms with Crippen molar-refractivity contribution in [3.05, 3.63) is 103 Å². The minimum absolute atomic E-state index is 0.832. The maximum absolute atomic E-state index is 13.7. The molecule has 0 spiro atoms. The molecule has 0 bridgehead atoms. The third-order valence-electron chi connectivity index (χ3n) is 3.87. The highest BCUT2D eigenvalue weighted by Gasteiger charge is 2.23. The summed E-state index contributed by atoms with van der Waals surface area (Å²) in [6, 6.07) is 27.4. The van der Waals surface area contributed by atoms with Crippen LogP contribution < -0.4 is 15.9 Å². The summed E-state index contributed by atoms with van der Waals surface area (Å²) >= 11 is 0. The summed E-state index contributed by atoms with van der Waals surface area (Å²) in [6.45, 7) is 2.05. The normalized spacial score (nSPS) is 11.5. The molecule has 3 heteroatoms. The standard InChI is InChI=1S/C21H20NOP/c1-18-12-14-19(15-13-18)22-16-17-24(23,20-8-4-2-5-9-20)21-10-6-3-7-11-21/h2-17,22H,1H3/b17-16+. The zero-order valence-corrected chi connectivity index (χ0v) is 14.5. The molecule has 2 nitrogen and oxygen atoms in total. The van der Waals surface area contributed by atoms with E-state index in [-0.39, 0.29) is 0 Å². The van der Waals surface area contributed by atoms with Crippen LogP contribution in [0.3, 0.4) is 0 Å². The number of hydrogen-bond donors (Lipinski definition) is 1. The van der Waals surface area contributed by atoms with Crippen molar-refractivity contribution in [2.24, 2.45) is 0 Å². The van der Waals surface area contributed by atoms with E-state index in [1.807, 2.05) is 84.9 Å². The molecule has 0 fully saturated rings. The number of benzene rings is 3. The van der Waals surface area contributed by atoms with Crippen LogP contribution >= 0.6 is 7.14 Å². The van der Waals surface area contributed by atoms with Crippen LogP contribution in [-0.4, -0.2) is 0 Å². The van der Waals surface area contributed by atoms with E-state index in [4.69, 9.17) is 0 Å². The van der Waals surface area contributed by atoms with Gasteiger partial charge in [-0.25, -0.2) is 0 Å². The second-order valence-electron chi connectivity index (χ2n) is 5.66. The molecule has 0 aliphatic heterocycles. The average molecular weight is 333 g/mol. The van der Waals surface area contributed by atoms with Crippen LogP contribution in [0.2, 0.25) is 0 Å². The van der Waals surface area contributed by atoms with Crippen molar-refractivity contribution in [1.29, 1.82) is 0 Å². The topological polar surface area (TPSA) is 29.1 Å². The zero-order chi connectivity index (χ0) is 16.8. The van der Waals surface area contributed by atoms with Crippen LogP contribution in [0.25, 0.3) is 0 Å². The van der Waals surface area contributed by atoms with Gasteiger partial charge in [-0.15, -0.1) is 0 Å². The molecule has 0 amide bonds. The van der Waals surface area contributed by atoms with Crippen molar-refractivity contribution in [2.45, 2.75) is 6.92 Å². The van der Waals surface area contributed by atoms with Gasteiger partial charge in [-0.05, 0) is 24.9 Å². The molecule has 120 valence electrons. The molecule has 3 aromatic rings. The molecule has 0 aliphatic rings. The number of anilines is 1. The molecule has 0 aromatic heterocycles. The SMILES string of the molecule is Cc1ccc(N/C=C/P(=O)(c2ccccc2)c2ccccc2)cc1. The Labute approximate surface area is 143 Å². The summed E-state index contributed by atoms with van der Waals surface area (Å²) in [6.07, 6.45) is 1.78. The number of aryl methyl sites for hydroxylation is 1. The maximum atomic E-state index is 13.7. The lowest BCUT2D eigenvalue weighted by atomic mass is 10.2. The van der Waals surface area contributed by atoms with Crippen molar-refractivity contribution in [3.8, 4) is 0 Å². The fourth-order valence-corrected chi connectivity index (χ4v) is 4.67. The minimum Gasteiger partial charge on any atom is -0.362 e. The van der Waals surface area contributed by atoms with Crippen LogP contribution in [0, 0.1) is 6.92 Å². The Morgan fingerprint density at radius 1 is 0.750 bits per heavy atom. The molecule has 0 unspecified atom stereocenters. The summed E-state index contributed by atoms with van der Waals surface area (Å²) < 4.78 is 13.7. The monoisotopic (exact) mass is 333 g/mol. The molecule has 0 heterocycles. The van der Waals surface area contributed by atoms with Crippen molar-refractivity contribution in [1.82, 2.24) is 0 Å². The zero-order valence-electron chi connectivity index (χ0n) is 13.6. The van der Waals surface area contributed by atoms with Crippen LogP contribution in [0.5, 0.6) is 0 Å². The van der Waals surface area contributed by atoms with Crippen molar-refractivity contribution in [2.75, 3.05) is 5.32 Å². The van der Waals surface area contributed by atoms with E-state index in [0.717, 1.165) is 16.3 Å². The van der Waals surface area contributed by atoms with Crippen molar-refractivity contribution < 1.29 is 4.57 Å². The smallest absolute Gasteiger partial charge is 0.165 e. The van der Waals surface area contributed by atoms with E-state index in [1.54, 1.807) is 12.0 Å². The summed E-state index contributed by atoms with van der Waals surface area (Å²) in [5, 5.41) is 4.88. The van der Waals surface area contributed by atoms with E-state index in [1.165, 1.54) is 5.56 Å². The lowest BCUT2D eigenvalue weighted by Crippen LogP contribution is -2.14. The Hall–Kier alpha value is -2.57. The lowest BCUT2D eigenvalue weighted by Gasteiger charge is -2.15. The first kappa shape index (κ1) is 16.3.